The van der Waals surface area contributed by atoms with Gasteiger partial charge in [-0.05, 0) is 30.2 Å². The van der Waals surface area contributed by atoms with E-state index in [1.165, 1.54) is 0 Å². The first-order chi connectivity index (χ1) is 12.7. The maximum absolute atomic E-state index is 10.8. The second-order valence-corrected chi connectivity index (χ2v) is 6.17. The van der Waals surface area contributed by atoms with Gasteiger partial charge in [-0.2, -0.15) is 0 Å². The molecule has 1 aliphatic carbocycles. The first-order valence-electron chi connectivity index (χ1n) is 8.68. The van der Waals surface area contributed by atoms with Gasteiger partial charge in [0.15, 0.2) is 11.5 Å². The fourth-order valence-electron chi connectivity index (χ4n) is 3.00. The van der Waals surface area contributed by atoms with E-state index >= 15 is 0 Å². The van der Waals surface area contributed by atoms with E-state index in [0.29, 0.717) is 35.3 Å². The molecule has 26 heavy (non-hydrogen) atoms. The van der Waals surface area contributed by atoms with Gasteiger partial charge in [-0.1, -0.05) is 48.6 Å². The Bertz CT molecular complexity index is 794. The number of aliphatic hydroxyl groups excluding tert-OH is 1. The molecule has 2 aromatic carbocycles. The number of allylic oxidation sites excluding steroid dienone is 3. The zero-order valence-corrected chi connectivity index (χ0v) is 15.1. The summed E-state index contributed by atoms with van der Waals surface area (Å²) in [6.45, 7) is 0.589. The van der Waals surface area contributed by atoms with Gasteiger partial charge in [0, 0.05) is 11.5 Å². The van der Waals surface area contributed by atoms with Crippen molar-refractivity contribution in [1.82, 2.24) is 0 Å². The molecule has 0 spiro atoms. The van der Waals surface area contributed by atoms with Gasteiger partial charge in [0.2, 0.25) is 0 Å². The molecule has 136 valence electrons. The molecule has 1 aliphatic rings. The lowest BCUT2D eigenvalue weighted by molar-refractivity contribution is 0.213. The van der Waals surface area contributed by atoms with E-state index < -0.39 is 6.10 Å². The normalized spacial score (nSPS) is 17.0. The van der Waals surface area contributed by atoms with Gasteiger partial charge in [0.1, 0.15) is 11.9 Å². The Kier molecular flexibility index (Phi) is 5.97. The van der Waals surface area contributed by atoms with Gasteiger partial charge in [-0.15, -0.1) is 0 Å². The molecule has 0 fully saturated rings. The minimum Gasteiger partial charge on any atom is -0.496 e. The average molecular weight is 352 g/mol. The van der Waals surface area contributed by atoms with E-state index in [-0.39, 0.29) is 0 Å². The molecule has 3 rings (SSSR count). The second kappa shape index (κ2) is 8.59. The van der Waals surface area contributed by atoms with Gasteiger partial charge in [-0.25, -0.2) is 0 Å². The maximum Gasteiger partial charge on any atom is 0.161 e. The van der Waals surface area contributed by atoms with E-state index in [4.69, 9.17) is 14.2 Å². The largest absolute Gasteiger partial charge is 0.496 e. The summed E-state index contributed by atoms with van der Waals surface area (Å²) in [6.07, 6.45) is 8.54. The summed E-state index contributed by atoms with van der Waals surface area (Å²) >= 11 is 0. The second-order valence-electron chi connectivity index (χ2n) is 6.17. The molecule has 1 N–H and O–H groups in total. The molecule has 0 heterocycles. The molecule has 2 atom stereocenters. The number of methoxy groups -OCH3 is 2. The monoisotopic (exact) mass is 352 g/mol. The summed E-state index contributed by atoms with van der Waals surface area (Å²) in [5, 5.41) is 10.8. The molecule has 0 amide bonds. The van der Waals surface area contributed by atoms with Crippen molar-refractivity contribution in [2.24, 2.45) is 5.92 Å². The molecule has 4 nitrogen and oxygen atoms in total. The third-order valence-corrected chi connectivity index (χ3v) is 4.46. The Hall–Kier alpha value is -2.72. The van der Waals surface area contributed by atoms with Crippen LogP contribution in [0.1, 0.15) is 23.7 Å². The number of hydrogen-bond donors (Lipinski definition) is 1. The Balaban J connectivity index is 1.77. The van der Waals surface area contributed by atoms with Gasteiger partial charge in [0.05, 0.1) is 20.8 Å². The molecule has 0 saturated carbocycles. The third-order valence-electron chi connectivity index (χ3n) is 4.46. The van der Waals surface area contributed by atoms with Crippen LogP contribution >= 0.6 is 0 Å². The van der Waals surface area contributed by atoms with Crippen molar-refractivity contribution in [3.05, 3.63) is 77.9 Å². The van der Waals surface area contributed by atoms with E-state index in [1.54, 1.807) is 14.2 Å². The summed E-state index contributed by atoms with van der Waals surface area (Å²) in [5.41, 5.74) is 1.43. The fourth-order valence-corrected chi connectivity index (χ4v) is 3.00. The van der Waals surface area contributed by atoms with Crippen LogP contribution in [0.4, 0.5) is 0 Å². The van der Waals surface area contributed by atoms with E-state index in [9.17, 15) is 5.11 Å². The Labute approximate surface area is 154 Å². The summed E-state index contributed by atoms with van der Waals surface area (Å²) in [5.74, 6) is 2.29. The first-order valence-corrected chi connectivity index (χ1v) is 8.68. The highest BCUT2D eigenvalue weighted by molar-refractivity contribution is 5.47. The minimum absolute atomic E-state index is 0.364. The molecular weight excluding hydrogens is 328 g/mol. The van der Waals surface area contributed by atoms with Gasteiger partial charge in [0.25, 0.3) is 0 Å². The summed E-state index contributed by atoms with van der Waals surface area (Å²) < 4.78 is 16.8. The van der Waals surface area contributed by atoms with Crippen LogP contribution in [0.25, 0.3) is 0 Å². The lowest BCUT2D eigenvalue weighted by atomic mass is 10.00. The molecule has 2 aromatic rings. The highest BCUT2D eigenvalue weighted by Crippen LogP contribution is 2.35. The van der Waals surface area contributed by atoms with Crippen molar-refractivity contribution in [3.8, 4) is 17.2 Å². The minimum atomic E-state index is -0.805. The van der Waals surface area contributed by atoms with Gasteiger partial charge < -0.3 is 19.3 Å². The van der Waals surface area contributed by atoms with Gasteiger partial charge in [-0.3, -0.25) is 0 Å². The molecule has 2 unspecified atom stereocenters. The number of hydrogen-bond acceptors (Lipinski definition) is 4. The number of aliphatic hydroxyl groups is 1. The zero-order valence-electron chi connectivity index (χ0n) is 15.1. The third kappa shape index (κ3) is 4.09. The summed E-state index contributed by atoms with van der Waals surface area (Å²) in [6, 6.07) is 12.9. The van der Waals surface area contributed by atoms with Crippen molar-refractivity contribution in [1.29, 1.82) is 0 Å². The van der Waals surface area contributed by atoms with Crippen molar-refractivity contribution < 1.29 is 19.3 Å². The standard InChI is InChI=1S/C22H24O4/c1-24-19-11-7-6-10-18(19)22(23)17-12-13-20(21(14-17)25-2)26-15-16-8-4-3-5-9-16/h3-8,10-14,16,22-23H,9,15H2,1-2H3. The molecule has 0 saturated heterocycles. The predicted octanol–water partition coefficient (Wildman–Crippen LogP) is 4.30. The fraction of sp³-hybridized carbons (Fsp3) is 0.273. The van der Waals surface area contributed by atoms with Crippen LogP contribution in [-0.2, 0) is 0 Å². The van der Waals surface area contributed by atoms with Crippen LogP contribution in [0.15, 0.2) is 66.8 Å². The van der Waals surface area contributed by atoms with Crippen LogP contribution in [-0.4, -0.2) is 25.9 Å². The highest BCUT2D eigenvalue weighted by atomic mass is 16.5. The van der Waals surface area contributed by atoms with E-state index in [1.807, 2.05) is 54.6 Å². The van der Waals surface area contributed by atoms with Crippen LogP contribution in [0.2, 0.25) is 0 Å². The van der Waals surface area contributed by atoms with Crippen molar-refractivity contribution in [3.63, 3.8) is 0 Å². The van der Waals surface area contributed by atoms with Crippen molar-refractivity contribution in [2.75, 3.05) is 20.8 Å². The summed E-state index contributed by atoms with van der Waals surface area (Å²) in [7, 11) is 3.20. The quantitative estimate of drug-likeness (QED) is 0.807. The molecule has 0 aliphatic heterocycles. The number of rotatable bonds is 7. The van der Waals surface area contributed by atoms with Crippen LogP contribution in [0.5, 0.6) is 17.2 Å². The lowest BCUT2D eigenvalue weighted by Gasteiger charge is -2.19. The smallest absolute Gasteiger partial charge is 0.161 e. The van der Waals surface area contributed by atoms with Crippen LogP contribution in [0.3, 0.4) is 0 Å². The Morgan fingerprint density at radius 1 is 1.00 bits per heavy atom. The van der Waals surface area contributed by atoms with E-state index in [0.717, 1.165) is 12.0 Å². The Morgan fingerprint density at radius 2 is 1.81 bits per heavy atom. The van der Waals surface area contributed by atoms with Crippen molar-refractivity contribution in [2.45, 2.75) is 12.5 Å². The van der Waals surface area contributed by atoms with Crippen LogP contribution in [0, 0.1) is 5.92 Å². The highest BCUT2D eigenvalue weighted by Gasteiger charge is 2.18. The molecular formula is C22H24O4. The average Bonchev–Trinajstić information content (AvgIpc) is 2.72. The zero-order chi connectivity index (χ0) is 18.4. The number of ether oxygens (including phenoxy) is 3. The molecule has 4 heteroatoms. The molecule has 0 aromatic heterocycles. The summed E-state index contributed by atoms with van der Waals surface area (Å²) in [4.78, 5) is 0. The lowest BCUT2D eigenvalue weighted by Crippen LogP contribution is -2.11. The molecule has 0 radical (unpaired) electrons. The SMILES string of the molecule is COc1cc(C(O)c2ccccc2OC)ccc1OCC1C=CC=CC1. The van der Waals surface area contributed by atoms with Gasteiger partial charge >= 0.3 is 0 Å². The number of para-hydroxylation sites is 1. The Morgan fingerprint density at radius 3 is 2.54 bits per heavy atom. The maximum atomic E-state index is 10.8. The first kappa shape index (κ1) is 18.1. The van der Waals surface area contributed by atoms with Crippen LogP contribution < -0.4 is 14.2 Å². The topological polar surface area (TPSA) is 47.9 Å². The molecule has 0 bridgehead atoms. The number of benzene rings is 2. The van der Waals surface area contributed by atoms with Crippen molar-refractivity contribution >= 4 is 0 Å². The van der Waals surface area contributed by atoms with E-state index in [2.05, 4.69) is 12.2 Å². The predicted molar refractivity (Wildman–Crippen MR) is 102 cm³/mol.